The molecular weight excluding hydrogens is 823 g/mol. The molecule has 0 aromatic heterocycles. The van der Waals surface area contributed by atoms with Gasteiger partial charge in [-0.2, -0.15) is 92.2 Å². The molecule has 0 aliphatic rings. The Bertz CT molecular complexity index is 1200. The average Bonchev–Trinajstić information content (AvgIpc) is 3.04. The molecule has 0 aromatic carbocycles. The molecule has 0 aromatic rings. The molecule has 0 unspecified atom stereocenters. The van der Waals surface area contributed by atoms with E-state index in [2.05, 4.69) is 11.7 Å². The normalized spacial score (nSPS) is 14.7. The predicted molar refractivity (Wildman–Crippen MR) is 147 cm³/mol. The summed E-state index contributed by atoms with van der Waals surface area (Å²) in [5.74, 6) is -80.7. The topological polar surface area (TPSA) is 52.6 Å². The molecule has 0 rings (SSSR count). The monoisotopic (exact) mass is 860 g/mol. The lowest BCUT2D eigenvalue weighted by Crippen LogP contribution is -2.76. The van der Waals surface area contributed by atoms with Crippen molar-refractivity contribution < 1.29 is 111 Å². The van der Waals surface area contributed by atoms with Gasteiger partial charge in [0.25, 0.3) is 0 Å². The molecule has 0 aliphatic carbocycles. The number of hydrogen-bond donors (Lipinski definition) is 0. The van der Waals surface area contributed by atoms with Crippen LogP contribution in [0.3, 0.4) is 0 Å². The van der Waals surface area contributed by atoms with Crippen LogP contribution in [0.15, 0.2) is 0 Å². The lowest BCUT2D eigenvalue weighted by atomic mass is 9.86. The van der Waals surface area contributed by atoms with E-state index in [0.717, 1.165) is 44.9 Å². The van der Waals surface area contributed by atoms with E-state index in [1.807, 2.05) is 0 Å². The maximum Gasteiger partial charge on any atom is 0.460 e. The Labute approximate surface area is 299 Å². The molecule has 4 nitrogen and oxygen atoms in total. The highest BCUT2D eigenvalue weighted by molar-refractivity contribution is 5.77. The Morgan fingerprint density at radius 1 is 0.364 bits per heavy atom. The summed E-state index contributed by atoms with van der Waals surface area (Å²) >= 11 is 0. The Morgan fingerprint density at radius 2 is 0.636 bits per heavy atom. The molecule has 25 heteroatoms. The molecule has 0 amide bonds. The van der Waals surface area contributed by atoms with Crippen LogP contribution in [-0.4, -0.2) is 84.6 Å². The largest absolute Gasteiger partial charge is 0.466 e. The van der Waals surface area contributed by atoms with Crippen LogP contribution in [-0.2, 0) is 19.1 Å². The van der Waals surface area contributed by atoms with Gasteiger partial charge in [-0.05, 0) is 6.42 Å². The molecule has 0 radical (unpaired) electrons. The van der Waals surface area contributed by atoms with Crippen molar-refractivity contribution in [3.05, 3.63) is 0 Å². The van der Waals surface area contributed by atoms with Crippen LogP contribution in [0.2, 0.25) is 0 Å². The van der Waals surface area contributed by atoms with Crippen molar-refractivity contribution >= 4 is 11.9 Å². The van der Waals surface area contributed by atoms with Crippen LogP contribution in [0.25, 0.3) is 0 Å². The van der Waals surface area contributed by atoms with Crippen molar-refractivity contribution in [3.63, 3.8) is 0 Å². The minimum Gasteiger partial charge on any atom is -0.466 e. The summed E-state index contributed by atoms with van der Waals surface area (Å²) in [6, 6.07) is 0. The standard InChI is InChI=1S/C30H37F21O4/c1-2-3-4-5-6-7-8-9-10-11-12-13-17-54-19(52)14-15-20(53)55-18-16-21(31,32)22(33,34)23(35,36)24(37,38)25(39,40)26(41,42)27(43,44)28(45,46)29(47,48)30(49,50)51/h2-18H2,1H3. The number of esters is 2. The van der Waals surface area contributed by atoms with Crippen molar-refractivity contribution in [2.24, 2.45) is 0 Å². The number of ether oxygens (including phenoxy) is 2. The first-order valence-corrected chi connectivity index (χ1v) is 16.4. The second kappa shape index (κ2) is 19.3. The van der Waals surface area contributed by atoms with Crippen molar-refractivity contribution in [2.45, 2.75) is 163 Å². The zero-order valence-electron chi connectivity index (χ0n) is 28.6. The van der Waals surface area contributed by atoms with Crippen molar-refractivity contribution in [3.8, 4) is 0 Å². The van der Waals surface area contributed by atoms with Gasteiger partial charge in [0.15, 0.2) is 0 Å². The highest BCUT2D eigenvalue weighted by Crippen LogP contribution is 2.66. The van der Waals surface area contributed by atoms with Gasteiger partial charge in [-0.25, -0.2) is 0 Å². The molecule has 0 heterocycles. The number of alkyl halides is 21. The maximum atomic E-state index is 14.0. The Hall–Kier alpha value is -2.53. The van der Waals surface area contributed by atoms with E-state index in [1.165, 1.54) is 19.3 Å². The maximum absolute atomic E-state index is 14.0. The Morgan fingerprint density at radius 3 is 0.964 bits per heavy atom. The fourth-order valence-electron chi connectivity index (χ4n) is 4.52. The third-order valence-electron chi connectivity index (χ3n) is 8.05. The first kappa shape index (κ1) is 52.5. The van der Waals surface area contributed by atoms with E-state index in [1.54, 1.807) is 0 Å². The molecule has 0 atom stereocenters. The highest BCUT2D eigenvalue weighted by atomic mass is 19.4. The van der Waals surface area contributed by atoms with E-state index >= 15 is 0 Å². The Kier molecular flexibility index (Phi) is 18.4. The van der Waals surface area contributed by atoms with Gasteiger partial charge in [-0.15, -0.1) is 0 Å². The Balaban J connectivity index is 5.29. The molecule has 0 N–H and O–H groups in total. The summed E-state index contributed by atoms with van der Waals surface area (Å²) in [5.41, 5.74) is 0. The van der Waals surface area contributed by atoms with Crippen molar-refractivity contribution in [1.82, 2.24) is 0 Å². The smallest absolute Gasteiger partial charge is 0.460 e. The first-order chi connectivity index (χ1) is 24.6. The number of halogens is 21. The number of rotatable bonds is 27. The zero-order valence-corrected chi connectivity index (χ0v) is 28.6. The molecule has 0 saturated heterocycles. The van der Waals surface area contributed by atoms with Crippen LogP contribution in [0.5, 0.6) is 0 Å². The third-order valence-corrected chi connectivity index (χ3v) is 8.05. The van der Waals surface area contributed by atoms with Gasteiger partial charge in [0, 0.05) is 0 Å². The van der Waals surface area contributed by atoms with Gasteiger partial charge >= 0.3 is 71.4 Å². The van der Waals surface area contributed by atoms with Gasteiger partial charge in [-0.1, -0.05) is 77.6 Å². The molecule has 55 heavy (non-hydrogen) atoms. The number of carbonyl (C=O) groups is 2. The number of hydrogen-bond acceptors (Lipinski definition) is 4. The fourth-order valence-corrected chi connectivity index (χ4v) is 4.52. The van der Waals surface area contributed by atoms with E-state index in [0.29, 0.717) is 12.8 Å². The quantitative estimate of drug-likeness (QED) is 0.0469. The SMILES string of the molecule is CCCCCCCCCCCCCCOC(=O)CCC(=O)OCCC(F)(F)C(F)(F)C(F)(F)C(F)(F)C(F)(F)C(F)(F)C(F)(F)C(F)(F)C(F)(F)C(F)(F)F. The van der Waals surface area contributed by atoms with Crippen LogP contribution in [0.4, 0.5) is 92.2 Å². The average molecular weight is 861 g/mol. The summed E-state index contributed by atoms with van der Waals surface area (Å²) in [6.07, 6.45) is -1.28. The van der Waals surface area contributed by atoms with Gasteiger partial charge in [0.05, 0.1) is 32.5 Å². The van der Waals surface area contributed by atoms with Gasteiger partial charge in [-0.3, -0.25) is 9.59 Å². The molecule has 0 spiro atoms. The van der Waals surface area contributed by atoms with Crippen LogP contribution in [0.1, 0.15) is 103 Å². The summed E-state index contributed by atoms with van der Waals surface area (Å²) < 4.78 is 291. The number of carbonyl (C=O) groups excluding carboxylic acids is 2. The molecule has 0 fully saturated rings. The van der Waals surface area contributed by atoms with Gasteiger partial charge in [0.2, 0.25) is 0 Å². The van der Waals surface area contributed by atoms with E-state index < -0.39 is 97.3 Å². The summed E-state index contributed by atoms with van der Waals surface area (Å²) in [5, 5.41) is 0. The van der Waals surface area contributed by atoms with Crippen molar-refractivity contribution in [1.29, 1.82) is 0 Å². The third kappa shape index (κ3) is 11.3. The lowest BCUT2D eigenvalue weighted by Gasteiger charge is -2.44. The zero-order chi connectivity index (χ0) is 43.6. The predicted octanol–water partition coefficient (Wildman–Crippen LogP) is 12.2. The van der Waals surface area contributed by atoms with Gasteiger partial charge in [0.1, 0.15) is 0 Å². The highest BCUT2D eigenvalue weighted by Gasteiger charge is 2.97. The summed E-state index contributed by atoms with van der Waals surface area (Å²) in [6.45, 7) is -0.229. The molecule has 328 valence electrons. The first-order valence-electron chi connectivity index (χ1n) is 16.4. The van der Waals surface area contributed by atoms with Crippen LogP contribution in [0, 0.1) is 0 Å². The molecule has 0 bridgehead atoms. The number of unbranched alkanes of at least 4 members (excludes halogenated alkanes) is 11. The van der Waals surface area contributed by atoms with E-state index in [9.17, 15) is 102 Å². The lowest BCUT2D eigenvalue weighted by molar-refractivity contribution is -0.474. The fraction of sp³-hybridized carbons (Fsp3) is 0.933. The minimum absolute atomic E-state index is 0.128. The molecular formula is C30H37F21O4. The summed E-state index contributed by atoms with van der Waals surface area (Å²) in [4.78, 5) is 23.3. The van der Waals surface area contributed by atoms with E-state index in [-0.39, 0.29) is 6.61 Å². The second-order valence-electron chi connectivity index (χ2n) is 12.4. The van der Waals surface area contributed by atoms with Gasteiger partial charge < -0.3 is 9.47 Å². The molecule has 0 aliphatic heterocycles. The van der Waals surface area contributed by atoms with Crippen molar-refractivity contribution in [2.75, 3.05) is 13.2 Å². The van der Waals surface area contributed by atoms with Crippen LogP contribution < -0.4 is 0 Å². The molecule has 0 saturated carbocycles. The summed E-state index contributed by atoms with van der Waals surface area (Å²) in [7, 11) is 0. The van der Waals surface area contributed by atoms with E-state index in [4.69, 9.17) is 4.74 Å². The second-order valence-corrected chi connectivity index (χ2v) is 12.4. The van der Waals surface area contributed by atoms with Crippen LogP contribution >= 0.6 is 0 Å². The minimum atomic E-state index is -9.25.